The number of carbonyl (C=O) groups excluding carboxylic acids is 1. The fraction of sp³-hybridized carbons (Fsp3) is 0.182. The van der Waals surface area contributed by atoms with Gasteiger partial charge in [-0.15, -0.1) is 11.3 Å². The number of benzene rings is 2. The summed E-state index contributed by atoms with van der Waals surface area (Å²) in [5.41, 5.74) is -0.208. The Morgan fingerprint density at radius 3 is 2.49 bits per heavy atom. The van der Waals surface area contributed by atoms with E-state index in [0.717, 1.165) is 28.0 Å². The number of hydrogen-bond donors (Lipinski definition) is 1. The Kier molecular flexibility index (Phi) is 6.43. The molecule has 0 fully saturated rings. The molecule has 35 heavy (non-hydrogen) atoms. The van der Waals surface area contributed by atoms with Crippen molar-refractivity contribution in [1.82, 2.24) is 14.1 Å². The number of rotatable bonds is 6. The van der Waals surface area contributed by atoms with Crippen LogP contribution in [0.3, 0.4) is 0 Å². The molecular formula is C22H16F4N4O4S. The van der Waals surface area contributed by atoms with Gasteiger partial charge in [0.25, 0.3) is 5.56 Å². The topological polar surface area (TPSA) is 95.2 Å². The van der Waals surface area contributed by atoms with Crippen LogP contribution in [-0.4, -0.2) is 26.6 Å². The smallest absolute Gasteiger partial charge is 0.387 e. The molecule has 1 N–H and O–H groups in total. The van der Waals surface area contributed by atoms with Crippen molar-refractivity contribution in [3.8, 4) is 17.0 Å². The van der Waals surface area contributed by atoms with E-state index in [1.165, 1.54) is 24.0 Å². The predicted octanol–water partition coefficient (Wildman–Crippen LogP) is 3.42. The molecule has 0 saturated heterocycles. The lowest BCUT2D eigenvalue weighted by molar-refractivity contribution is -0.115. The van der Waals surface area contributed by atoms with Crippen LogP contribution in [0.25, 0.3) is 22.2 Å². The lowest BCUT2D eigenvalue weighted by atomic mass is 10.1. The minimum absolute atomic E-state index is 0.0446. The van der Waals surface area contributed by atoms with Crippen LogP contribution >= 0.6 is 11.3 Å². The summed E-state index contributed by atoms with van der Waals surface area (Å²) in [7, 11) is 2.86. The van der Waals surface area contributed by atoms with Gasteiger partial charge in [0.2, 0.25) is 5.91 Å². The van der Waals surface area contributed by atoms with E-state index in [1.54, 1.807) is 18.2 Å². The van der Waals surface area contributed by atoms with Crippen LogP contribution in [0.15, 0.2) is 45.3 Å². The molecule has 0 bridgehead atoms. The number of amides is 1. The molecule has 2 aromatic carbocycles. The van der Waals surface area contributed by atoms with Crippen molar-refractivity contribution in [2.75, 3.05) is 5.32 Å². The van der Waals surface area contributed by atoms with Gasteiger partial charge in [-0.2, -0.15) is 8.78 Å². The van der Waals surface area contributed by atoms with E-state index in [1.807, 2.05) is 0 Å². The van der Waals surface area contributed by atoms with Crippen LogP contribution in [0.1, 0.15) is 5.56 Å². The van der Waals surface area contributed by atoms with Crippen molar-refractivity contribution in [3.05, 3.63) is 73.7 Å². The van der Waals surface area contributed by atoms with E-state index in [2.05, 4.69) is 15.0 Å². The maximum absolute atomic E-state index is 14.0. The zero-order chi connectivity index (χ0) is 25.4. The standard InChI is InChI=1S/C22H16F4N4O4S/c1-29-15-5-3-4-10(17(15)19(32)30(2)22(29)33)8-16(31)28-21-27-14(9-35-21)11-6-12(23)18(13(24)7-11)34-20(25)26/h3-7,9,20H,8H2,1-2H3,(H,27,28,31). The Bertz CT molecular complexity index is 1560. The van der Waals surface area contributed by atoms with Crippen molar-refractivity contribution in [2.45, 2.75) is 13.0 Å². The van der Waals surface area contributed by atoms with E-state index in [4.69, 9.17) is 0 Å². The normalized spacial score (nSPS) is 11.3. The minimum atomic E-state index is -3.39. The molecule has 0 spiro atoms. The first-order chi connectivity index (χ1) is 16.6. The van der Waals surface area contributed by atoms with Gasteiger partial charge in [0.15, 0.2) is 22.5 Å². The molecule has 0 saturated carbocycles. The van der Waals surface area contributed by atoms with Crippen LogP contribution in [-0.2, 0) is 25.3 Å². The fourth-order valence-electron chi connectivity index (χ4n) is 3.55. The summed E-state index contributed by atoms with van der Waals surface area (Å²) in [6, 6.07) is 6.39. The Labute approximate surface area is 198 Å². The van der Waals surface area contributed by atoms with Gasteiger partial charge >= 0.3 is 12.3 Å². The summed E-state index contributed by atoms with van der Waals surface area (Å²) in [5.74, 6) is -4.38. The van der Waals surface area contributed by atoms with Crippen LogP contribution in [0.2, 0.25) is 0 Å². The Morgan fingerprint density at radius 2 is 1.83 bits per heavy atom. The SMILES string of the molecule is Cn1c(=O)c2c(CC(=O)Nc3nc(-c4cc(F)c(OC(F)F)c(F)c4)cs3)cccc2n(C)c1=O. The van der Waals surface area contributed by atoms with Crippen molar-refractivity contribution < 1.29 is 27.1 Å². The zero-order valence-electron chi connectivity index (χ0n) is 18.1. The van der Waals surface area contributed by atoms with Crippen LogP contribution in [0.5, 0.6) is 5.75 Å². The molecule has 4 rings (SSSR count). The highest BCUT2D eigenvalue weighted by molar-refractivity contribution is 7.14. The number of thiazole rings is 1. The number of carbonyl (C=O) groups is 1. The number of alkyl halides is 2. The van der Waals surface area contributed by atoms with Crippen molar-refractivity contribution >= 4 is 33.3 Å². The van der Waals surface area contributed by atoms with Crippen LogP contribution in [0, 0.1) is 11.6 Å². The first-order valence-corrected chi connectivity index (χ1v) is 10.8. The van der Waals surface area contributed by atoms with E-state index >= 15 is 0 Å². The molecule has 0 radical (unpaired) electrons. The summed E-state index contributed by atoms with van der Waals surface area (Å²) >= 11 is 0.973. The summed E-state index contributed by atoms with van der Waals surface area (Å²) in [6.07, 6.45) is -0.206. The number of halogens is 4. The summed E-state index contributed by atoms with van der Waals surface area (Å²) in [4.78, 5) is 41.6. The van der Waals surface area contributed by atoms with Gasteiger partial charge in [0, 0.05) is 25.0 Å². The highest BCUT2D eigenvalue weighted by Crippen LogP contribution is 2.31. The van der Waals surface area contributed by atoms with Gasteiger partial charge in [0.05, 0.1) is 23.0 Å². The maximum atomic E-state index is 14.0. The molecule has 0 aliphatic heterocycles. The van der Waals surface area contributed by atoms with E-state index < -0.39 is 41.2 Å². The Hall–Kier alpha value is -4.00. The quantitative estimate of drug-likeness (QED) is 0.403. The van der Waals surface area contributed by atoms with Crippen molar-refractivity contribution in [2.24, 2.45) is 14.1 Å². The largest absolute Gasteiger partial charge is 0.429 e. The number of aromatic nitrogens is 3. The minimum Gasteiger partial charge on any atom is -0.429 e. The molecule has 1 amide bonds. The summed E-state index contributed by atoms with van der Waals surface area (Å²) < 4.78 is 58.8. The molecule has 13 heteroatoms. The van der Waals surface area contributed by atoms with Gasteiger partial charge in [0.1, 0.15) is 0 Å². The number of ether oxygens (including phenoxy) is 1. The lowest BCUT2D eigenvalue weighted by Gasteiger charge is -2.11. The molecule has 4 aromatic rings. The third kappa shape index (κ3) is 4.67. The van der Waals surface area contributed by atoms with E-state index in [9.17, 15) is 31.9 Å². The number of fused-ring (bicyclic) bond motifs is 1. The average Bonchev–Trinajstić information content (AvgIpc) is 3.26. The molecule has 2 aromatic heterocycles. The van der Waals surface area contributed by atoms with Gasteiger partial charge in [-0.3, -0.25) is 18.7 Å². The first-order valence-electron chi connectivity index (χ1n) is 9.94. The number of nitrogens with one attached hydrogen (secondary N) is 1. The highest BCUT2D eigenvalue weighted by atomic mass is 32.1. The number of anilines is 1. The molecule has 182 valence electrons. The third-order valence-electron chi connectivity index (χ3n) is 5.19. The Morgan fingerprint density at radius 1 is 1.14 bits per heavy atom. The number of hydrogen-bond acceptors (Lipinski definition) is 6. The molecule has 2 heterocycles. The molecule has 0 aliphatic rings. The molecule has 8 nitrogen and oxygen atoms in total. The van der Waals surface area contributed by atoms with E-state index in [0.29, 0.717) is 11.1 Å². The summed E-state index contributed by atoms with van der Waals surface area (Å²) in [5, 5.41) is 4.31. The van der Waals surface area contributed by atoms with Crippen molar-refractivity contribution in [1.29, 1.82) is 0 Å². The zero-order valence-corrected chi connectivity index (χ0v) is 19.0. The van der Waals surface area contributed by atoms with Gasteiger partial charge in [-0.25, -0.2) is 18.6 Å². The fourth-order valence-corrected chi connectivity index (χ4v) is 4.29. The predicted molar refractivity (Wildman–Crippen MR) is 121 cm³/mol. The average molecular weight is 508 g/mol. The lowest BCUT2D eigenvalue weighted by Crippen LogP contribution is -2.37. The molecule has 0 aliphatic carbocycles. The monoisotopic (exact) mass is 508 g/mol. The van der Waals surface area contributed by atoms with Gasteiger partial charge in [-0.1, -0.05) is 12.1 Å². The molecule has 0 unspecified atom stereocenters. The van der Waals surface area contributed by atoms with E-state index in [-0.39, 0.29) is 28.2 Å². The second-order valence-electron chi connectivity index (χ2n) is 7.43. The Balaban J connectivity index is 1.57. The van der Waals surface area contributed by atoms with Gasteiger partial charge < -0.3 is 10.1 Å². The number of aryl methyl sites for hydroxylation is 1. The molecular weight excluding hydrogens is 492 g/mol. The third-order valence-corrected chi connectivity index (χ3v) is 5.94. The first kappa shape index (κ1) is 24.1. The second-order valence-corrected chi connectivity index (χ2v) is 8.29. The van der Waals surface area contributed by atoms with Crippen LogP contribution < -0.4 is 21.3 Å². The molecule has 0 atom stereocenters. The summed E-state index contributed by atoms with van der Waals surface area (Å²) in [6.45, 7) is -3.39. The number of nitrogens with zero attached hydrogens (tertiary/aromatic N) is 3. The maximum Gasteiger partial charge on any atom is 0.387 e. The van der Waals surface area contributed by atoms with Crippen LogP contribution in [0.4, 0.5) is 22.7 Å². The van der Waals surface area contributed by atoms with Gasteiger partial charge in [-0.05, 0) is 23.8 Å². The van der Waals surface area contributed by atoms with Crippen molar-refractivity contribution in [3.63, 3.8) is 0 Å². The second kappa shape index (κ2) is 9.33. The highest BCUT2D eigenvalue weighted by Gasteiger charge is 2.19.